The summed E-state index contributed by atoms with van der Waals surface area (Å²) in [6.07, 6.45) is 0. The fourth-order valence-electron chi connectivity index (χ4n) is 0.504. The summed E-state index contributed by atoms with van der Waals surface area (Å²) in [5, 5.41) is 0. The zero-order valence-electron chi connectivity index (χ0n) is 5.55. The van der Waals surface area contributed by atoms with Crippen LogP contribution in [0, 0.1) is 6.92 Å². The van der Waals surface area contributed by atoms with Gasteiger partial charge in [-0.2, -0.15) is 0 Å². The van der Waals surface area contributed by atoms with Crippen molar-refractivity contribution in [3.63, 3.8) is 0 Å². The second-order valence-electron chi connectivity index (χ2n) is 1.59. The topological polar surface area (TPSA) is 22.1 Å². The molecule has 1 aromatic rings. The molecule has 0 aliphatic rings. The Morgan fingerprint density at radius 2 is 2.40 bits per heavy atom. The van der Waals surface area contributed by atoms with Gasteiger partial charge in [0.25, 0.3) is 0 Å². The lowest BCUT2D eigenvalue weighted by atomic mass is 10.6. The van der Waals surface area contributed by atoms with Crippen LogP contribution in [0.2, 0.25) is 4.47 Å². The molecule has 0 amide bonds. The van der Waals surface area contributed by atoms with Gasteiger partial charge in [-0.25, -0.2) is 4.98 Å². The third-order valence-electron chi connectivity index (χ3n) is 0.887. The van der Waals surface area contributed by atoms with Crippen LogP contribution in [0.5, 0.6) is 0 Å². The molecule has 10 heavy (non-hydrogen) atoms. The van der Waals surface area contributed by atoms with Crippen LogP contribution in [0.4, 0.5) is 0 Å². The Kier molecular flexibility index (Phi) is 2.97. The molecule has 0 atom stereocenters. The molecule has 5 heteroatoms. The minimum atomic E-state index is 0.567. The molecule has 0 N–H and O–H groups in total. The van der Waals surface area contributed by atoms with E-state index >= 15 is 0 Å². The first-order chi connectivity index (χ1) is 4.74. The van der Waals surface area contributed by atoms with Gasteiger partial charge in [0.05, 0.1) is 12.8 Å². The SMILES string of the molecule is COSc1sc(Cl)nc1C. The molecule has 0 aliphatic heterocycles. The average molecular weight is 196 g/mol. The van der Waals surface area contributed by atoms with Crippen LogP contribution in [0.25, 0.3) is 0 Å². The number of aryl methyl sites for hydroxylation is 1. The summed E-state index contributed by atoms with van der Waals surface area (Å²) < 4.78 is 6.44. The summed E-state index contributed by atoms with van der Waals surface area (Å²) in [6, 6.07) is 0. The highest BCUT2D eigenvalue weighted by molar-refractivity contribution is 7.96. The monoisotopic (exact) mass is 195 g/mol. The van der Waals surface area contributed by atoms with Crippen molar-refractivity contribution < 1.29 is 4.18 Å². The van der Waals surface area contributed by atoms with Crippen LogP contribution in [0.1, 0.15) is 5.69 Å². The predicted octanol–water partition coefficient (Wildman–Crippen LogP) is 2.76. The van der Waals surface area contributed by atoms with E-state index in [2.05, 4.69) is 4.98 Å². The smallest absolute Gasteiger partial charge is 0.184 e. The van der Waals surface area contributed by atoms with Gasteiger partial charge >= 0.3 is 0 Å². The molecule has 0 aromatic carbocycles. The summed E-state index contributed by atoms with van der Waals surface area (Å²) in [5.41, 5.74) is 0.932. The maximum atomic E-state index is 5.64. The standard InChI is InChI=1S/C5H6ClNOS2/c1-3-4(10-8-2)9-5(6)7-3/h1-2H3. The van der Waals surface area contributed by atoms with Crippen molar-refractivity contribution in [2.24, 2.45) is 0 Å². The van der Waals surface area contributed by atoms with E-state index in [4.69, 9.17) is 15.8 Å². The van der Waals surface area contributed by atoms with Crippen LogP contribution in [-0.2, 0) is 4.18 Å². The van der Waals surface area contributed by atoms with Gasteiger partial charge in [0, 0.05) is 12.0 Å². The van der Waals surface area contributed by atoms with Gasteiger partial charge in [0.15, 0.2) is 4.47 Å². The van der Waals surface area contributed by atoms with Gasteiger partial charge in [-0.15, -0.1) is 0 Å². The molecule has 0 saturated carbocycles. The van der Waals surface area contributed by atoms with E-state index in [9.17, 15) is 0 Å². The lowest BCUT2D eigenvalue weighted by Crippen LogP contribution is -1.72. The van der Waals surface area contributed by atoms with Gasteiger partial charge in [0.2, 0.25) is 0 Å². The van der Waals surface area contributed by atoms with Gasteiger partial charge in [-0.1, -0.05) is 22.9 Å². The quantitative estimate of drug-likeness (QED) is 0.678. The van der Waals surface area contributed by atoms with Crippen molar-refractivity contribution in [2.75, 3.05) is 7.11 Å². The molecule has 0 spiro atoms. The maximum absolute atomic E-state index is 5.64. The highest BCUT2D eigenvalue weighted by Crippen LogP contribution is 2.31. The van der Waals surface area contributed by atoms with E-state index in [1.807, 2.05) is 6.92 Å². The molecule has 1 aromatic heterocycles. The molecule has 1 rings (SSSR count). The Labute approximate surface area is 72.8 Å². The summed E-state index contributed by atoms with van der Waals surface area (Å²) >= 11 is 8.37. The van der Waals surface area contributed by atoms with E-state index in [1.165, 1.54) is 23.4 Å². The molecule has 56 valence electrons. The van der Waals surface area contributed by atoms with Crippen molar-refractivity contribution in [1.82, 2.24) is 4.98 Å². The van der Waals surface area contributed by atoms with Crippen molar-refractivity contribution in [3.05, 3.63) is 10.2 Å². The van der Waals surface area contributed by atoms with Crippen LogP contribution in [0.3, 0.4) is 0 Å². The molecule has 0 fully saturated rings. The summed E-state index contributed by atoms with van der Waals surface area (Å²) in [7, 11) is 1.62. The van der Waals surface area contributed by atoms with E-state index in [0.717, 1.165) is 9.90 Å². The third-order valence-corrected chi connectivity index (χ3v) is 3.01. The molecule has 2 nitrogen and oxygen atoms in total. The van der Waals surface area contributed by atoms with Gasteiger partial charge < -0.3 is 4.18 Å². The number of halogens is 1. The zero-order chi connectivity index (χ0) is 7.56. The van der Waals surface area contributed by atoms with Gasteiger partial charge in [-0.3, -0.25) is 0 Å². The molecule has 0 unspecified atom stereocenters. The number of nitrogens with zero attached hydrogens (tertiary/aromatic N) is 1. The summed E-state index contributed by atoms with van der Waals surface area (Å²) in [5.74, 6) is 0. The molecular formula is C5H6ClNOS2. The highest BCUT2D eigenvalue weighted by Gasteiger charge is 2.05. The Morgan fingerprint density at radius 3 is 2.80 bits per heavy atom. The second kappa shape index (κ2) is 3.57. The van der Waals surface area contributed by atoms with Gasteiger partial charge in [0.1, 0.15) is 4.21 Å². The van der Waals surface area contributed by atoms with Crippen LogP contribution < -0.4 is 0 Å². The molecule has 0 bridgehead atoms. The number of rotatable bonds is 2. The lowest BCUT2D eigenvalue weighted by Gasteiger charge is -1.90. The minimum Gasteiger partial charge on any atom is -0.313 e. The van der Waals surface area contributed by atoms with Crippen LogP contribution >= 0.6 is 35.0 Å². The fourth-order valence-corrected chi connectivity index (χ4v) is 2.42. The first kappa shape index (κ1) is 8.33. The number of aromatic nitrogens is 1. The van der Waals surface area contributed by atoms with Crippen LogP contribution in [0.15, 0.2) is 4.21 Å². The van der Waals surface area contributed by atoms with Crippen molar-refractivity contribution in [3.8, 4) is 0 Å². The highest BCUT2D eigenvalue weighted by atomic mass is 35.5. The number of hydrogen-bond donors (Lipinski definition) is 0. The fraction of sp³-hybridized carbons (Fsp3) is 0.400. The maximum Gasteiger partial charge on any atom is 0.184 e. The first-order valence-electron chi connectivity index (χ1n) is 2.57. The Hall–Kier alpha value is 0.230. The molecular weight excluding hydrogens is 190 g/mol. The normalized spacial score (nSPS) is 10.3. The predicted molar refractivity (Wildman–Crippen MR) is 44.7 cm³/mol. The van der Waals surface area contributed by atoms with Crippen molar-refractivity contribution in [1.29, 1.82) is 0 Å². The van der Waals surface area contributed by atoms with Crippen LogP contribution in [-0.4, -0.2) is 12.1 Å². The van der Waals surface area contributed by atoms with Crippen molar-refractivity contribution in [2.45, 2.75) is 11.1 Å². The zero-order valence-corrected chi connectivity index (χ0v) is 7.94. The van der Waals surface area contributed by atoms with E-state index in [0.29, 0.717) is 4.47 Å². The summed E-state index contributed by atoms with van der Waals surface area (Å²) in [6.45, 7) is 1.91. The van der Waals surface area contributed by atoms with E-state index in [1.54, 1.807) is 7.11 Å². The van der Waals surface area contributed by atoms with E-state index < -0.39 is 0 Å². The number of hydrogen-bond acceptors (Lipinski definition) is 4. The Balaban J connectivity index is 2.81. The lowest BCUT2D eigenvalue weighted by molar-refractivity contribution is 0.490. The van der Waals surface area contributed by atoms with Gasteiger partial charge in [-0.05, 0) is 6.92 Å². The molecule has 0 aliphatic carbocycles. The minimum absolute atomic E-state index is 0.567. The molecule has 1 heterocycles. The Morgan fingerprint density at radius 1 is 1.70 bits per heavy atom. The second-order valence-corrected chi connectivity index (χ2v) is 4.34. The first-order valence-corrected chi connectivity index (χ1v) is 4.51. The average Bonchev–Trinajstić information content (AvgIpc) is 2.13. The van der Waals surface area contributed by atoms with Crippen molar-refractivity contribution >= 4 is 35.0 Å². The third kappa shape index (κ3) is 1.85. The molecule has 0 radical (unpaired) electrons. The largest absolute Gasteiger partial charge is 0.313 e. The molecule has 0 saturated heterocycles. The number of thiazole rings is 1. The van der Waals surface area contributed by atoms with E-state index in [-0.39, 0.29) is 0 Å². The Bertz CT molecular complexity index is 225. The summed E-state index contributed by atoms with van der Waals surface area (Å²) in [4.78, 5) is 4.01.